The van der Waals surface area contributed by atoms with E-state index in [0.29, 0.717) is 12.8 Å². The number of amides is 2. The highest BCUT2D eigenvalue weighted by molar-refractivity contribution is 6.08. The summed E-state index contributed by atoms with van der Waals surface area (Å²) >= 11 is 0. The fourth-order valence-electron chi connectivity index (χ4n) is 4.60. The van der Waals surface area contributed by atoms with Crippen molar-refractivity contribution in [3.8, 4) is 0 Å². The lowest BCUT2D eigenvalue weighted by atomic mass is 10.1. The van der Waals surface area contributed by atoms with Crippen LogP contribution in [0.2, 0.25) is 0 Å². The van der Waals surface area contributed by atoms with Crippen LogP contribution >= 0.6 is 0 Å². The zero-order valence-electron chi connectivity index (χ0n) is 24.5. The highest BCUT2D eigenvalue weighted by atomic mass is 16.7. The lowest BCUT2D eigenvalue weighted by Gasteiger charge is -2.16. The van der Waals surface area contributed by atoms with Crippen molar-refractivity contribution in [2.75, 3.05) is 0 Å². The first-order chi connectivity index (χ1) is 18.8. The zero-order valence-corrected chi connectivity index (χ0v) is 24.5. The van der Waals surface area contributed by atoms with E-state index in [4.69, 9.17) is 14.3 Å². The highest BCUT2D eigenvalue weighted by Crippen LogP contribution is 2.23. The smallest absolute Gasteiger partial charge is 0.330 e. The predicted molar refractivity (Wildman–Crippen MR) is 147 cm³/mol. The molecule has 0 saturated carbocycles. The Morgan fingerprint density at radius 2 is 0.872 bits per heavy atom. The summed E-state index contributed by atoms with van der Waals surface area (Å²) in [6.07, 6.45) is 16.3. The maximum atomic E-state index is 12.7. The van der Waals surface area contributed by atoms with Crippen LogP contribution in [0.15, 0.2) is 0 Å². The van der Waals surface area contributed by atoms with Gasteiger partial charge in [-0.25, -0.2) is 4.79 Å². The van der Waals surface area contributed by atoms with Gasteiger partial charge in [-0.1, -0.05) is 122 Å². The molecule has 0 aromatic heterocycles. The molecule has 2 amide bonds. The van der Waals surface area contributed by atoms with Crippen molar-refractivity contribution in [3.05, 3.63) is 0 Å². The molecular weight excluding hydrogens is 502 g/mol. The molecule has 224 valence electrons. The van der Waals surface area contributed by atoms with Crippen LogP contribution in [0, 0.1) is 0 Å². The van der Waals surface area contributed by atoms with Crippen molar-refractivity contribution < 1.29 is 38.3 Å². The predicted octanol–water partition coefficient (Wildman–Crippen LogP) is 6.50. The molecule has 0 aromatic rings. The lowest BCUT2D eigenvalue weighted by molar-refractivity contribution is -0.198. The second kappa shape index (κ2) is 21.4. The number of hydrogen-bond acceptors (Lipinski definition) is 8. The molecule has 1 fully saturated rings. The fraction of sp³-hybridized carbons (Fsp3) is 0.833. The van der Waals surface area contributed by atoms with E-state index in [-0.39, 0.29) is 17.9 Å². The molecule has 1 aliphatic heterocycles. The SMILES string of the molecule is CCCCCCCCCCCC(=O)OC1C(=O)N(OC(C)=O)C(=O)C1OC(=O)CCCCCCCCCCC. The topological polar surface area (TPSA) is 116 Å². The van der Waals surface area contributed by atoms with Crippen molar-refractivity contribution >= 4 is 29.7 Å². The molecule has 0 aliphatic carbocycles. The first-order valence-corrected chi connectivity index (χ1v) is 15.3. The molecule has 0 spiro atoms. The molecule has 0 N–H and O–H groups in total. The quantitative estimate of drug-likeness (QED) is 0.0800. The van der Waals surface area contributed by atoms with Crippen LogP contribution in [-0.4, -0.2) is 47.0 Å². The molecule has 2 atom stereocenters. The third-order valence-corrected chi connectivity index (χ3v) is 6.87. The Morgan fingerprint density at radius 3 is 1.18 bits per heavy atom. The third kappa shape index (κ3) is 15.1. The van der Waals surface area contributed by atoms with Gasteiger partial charge in [0, 0.05) is 19.8 Å². The number of carbonyl (C=O) groups is 5. The van der Waals surface area contributed by atoms with Gasteiger partial charge in [0.2, 0.25) is 12.2 Å². The van der Waals surface area contributed by atoms with Gasteiger partial charge in [-0.3, -0.25) is 19.2 Å². The summed E-state index contributed by atoms with van der Waals surface area (Å²) in [5, 5.41) is 0.231. The van der Waals surface area contributed by atoms with Crippen molar-refractivity contribution in [2.45, 2.75) is 161 Å². The van der Waals surface area contributed by atoms with E-state index in [1.165, 1.54) is 64.2 Å². The zero-order chi connectivity index (χ0) is 28.9. The molecule has 1 rings (SSSR count). The second-order valence-corrected chi connectivity index (χ2v) is 10.5. The van der Waals surface area contributed by atoms with Gasteiger partial charge in [0.15, 0.2) is 0 Å². The minimum absolute atomic E-state index is 0.0838. The summed E-state index contributed by atoms with van der Waals surface area (Å²) in [5.74, 6) is -4.27. The Morgan fingerprint density at radius 1 is 0.564 bits per heavy atom. The normalized spacial score (nSPS) is 16.9. The number of ether oxygens (including phenoxy) is 2. The minimum atomic E-state index is -1.66. The van der Waals surface area contributed by atoms with Crippen LogP contribution in [0.5, 0.6) is 0 Å². The van der Waals surface area contributed by atoms with Gasteiger partial charge >= 0.3 is 29.7 Å². The van der Waals surface area contributed by atoms with Gasteiger partial charge in [0.1, 0.15) is 0 Å². The van der Waals surface area contributed by atoms with Crippen molar-refractivity contribution in [2.24, 2.45) is 0 Å². The van der Waals surface area contributed by atoms with E-state index in [0.717, 1.165) is 45.4 Å². The molecule has 1 heterocycles. The molecular formula is C30H51NO8. The molecule has 1 aliphatic rings. The number of hydrogen-bond donors (Lipinski definition) is 0. The summed E-state index contributed by atoms with van der Waals surface area (Å²) in [4.78, 5) is 66.3. The Bertz CT molecular complexity index is 699. The van der Waals surface area contributed by atoms with Crippen LogP contribution in [0.25, 0.3) is 0 Å². The average Bonchev–Trinajstić information content (AvgIpc) is 3.10. The van der Waals surface area contributed by atoms with E-state index >= 15 is 0 Å². The van der Waals surface area contributed by atoms with Crippen LogP contribution in [-0.2, 0) is 38.3 Å². The number of esters is 2. The largest absolute Gasteiger partial charge is 0.447 e. The molecule has 0 radical (unpaired) electrons. The molecule has 39 heavy (non-hydrogen) atoms. The van der Waals surface area contributed by atoms with Crippen LogP contribution in [0.3, 0.4) is 0 Å². The summed E-state index contributed by atoms with van der Waals surface area (Å²) in [7, 11) is 0. The van der Waals surface area contributed by atoms with Gasteiger partial charge in [0.25, 0.3) is 0 Å². The average molecular weight is 554 g/mol. The Labute approximate surface area is 234 Å². The molecule has 0 bridgehead atoms. The number of rotatable bonds is 23. The summed E-state index contributed by atoms with van der Waals surface area (Å²) in [6, 6.07) is 0. The monoisotopic (exact) mass is 553 g/mol. The molecule has 9 nitrogen and oxygen atoms in total. The van der Waals surface area contributed by atoms with Crippen molar-refractivity contribution in [3.63, 3.8) is 0 Å². The number of unbranched alkanes of at least 4 members (excludes halogenated alkanes) is 16. The Hall–Kier alpha value is -2.45. The summed E-state index contributed by atoms with van der Waals surface area (Å²) in [5.41, 5.74) is 0. The van der Waals surface area contributed by atoms with Gasteiger partial charge < -0.3 is 14.3 Å². The van der Waals surface area contributed by atoms with E-state index in [2.05, 4.69) is 13.8 Å². The molecule has 0 aromatic carbocycles. The maximum absolute atomic E-state index is 12.7. The lowest BCUT2D eigenvalue weighted by Crippen LogP contribution is -2.37. The fourth-order valence-corrected chi connectivity index (χ4v) is 4.60. The second-order valence-electron chi connectivity index (χ2n) is 10.5. The van der Waals surface area contributed by atoms with Gasteiger partial charge in [0.05, 0.1) is 0 Å². The first kappa shape index (κ1) is 34.6. The van der Waals surface area contributed by atoms with E-state index < -0.39 is 41.9 Å². The van der Waals surface area contributed by atoms with Crippen molar-refractivity contribution in [1.82, 2.24) is 5.06 Å². The van der Waals surface area contributed by atoms with Gasteiger partial charge in [-0.15, -0.1) is 0 Å². The van der Waals surface area contributed by atoms with Gasteiger partial charge in [-0.05, 0) is 12.8 Å². The summed E-state index contributed by atoms with van der Waals surface area (Å²) in [6.45, 7) is 5.41. The number of imide groups is 1. The van der Waals surface area contributed by atoms with Crippen LogP contribution in [0.1, 0.15) is 149 Å². The first-order valence-electron chi connectivity index (χ1n) is 15.3. The highest BCUT2D eigenvalue weighted by Gasteiger charge is 2.55. The Balaban J connectivity index is 2.47. The van der Waals surface area contributed by atoms with E-state index in [1.54, 1.807) is 0 Å². The number of carbonyl (C=O) groups excluding carboxylic acids is 5. The standard InChI is InChI=1S/C30H51NO8/c1-4-6-8-10-12-14-16-18-20-22-25(33)37-27-28(30(36)31(29(27)35)39-24(3)32)38-26(34)23-21-19-17-15-13-11-9-7-5-2/h27-28H,4-23H2,1-3H3. The van der Waals surface area contributed by atoms with Crippen molar-refractivity contribution in [1.29, 1.82) is 0 Å². The van der Waals surface area contributed by atoms with Crippen LogP contribution in [0.4, 0.5) is 0 Å². The maximum Gasteiger partial charge on any atom is 0.330 e. The summed E-state index contributed by atoms with van der Waals surface area (Å²) < 4.78 is 10.5. The number of hydroxylamine groups is 2. The third-order valence-electron chi connectivity index (χ3n) is 6.87. The van der Waals surface area contributed by atoms with E-state index in [9.17, 15) is 24.0 Å². The molecule has 9 heteroatoms. The number of nitrogens with zero attached hydrogens (tertiary/aromatic N) is 1. The Kier molecular flexibility index (Phi) is 19.0. The molecule has 1 saturated heterocycles. The van der Waals surface area contributed by atoms with Crippen LogP contribution < -0.4 is 0 Å². The minimum Gasteiger partial charge on any atom is -0.447 e. The molecule has 2 unspecified atom stereocenters. The van der Waals surface area contributed by atoms with E-state index in [1.807, 2.05) is 0 Å². The van der Waals surface area contributed by atoms with Gasteiger partial charge in [-0.2, -0.15) is 0 Å².